The first-order valence-electron chi connectivity index (χ1n) is 4.11. The molecule has 0 spiro atoms. The van der Waals surface area contributed by atoms with Crippen molar-refractivity contribution in [2.45, 2.75) is 13.3 Å². The topological polar surface area (TPSA) is 33.0 Å². The van der Waals surface area contributed by atoms with E-state index in [4.69, 9.17) is 10.00 Å². The van der Waals surface area contributed by atoms with E-state index < -0.39 is 5.82 Å². The number of nitrogens with zero attached hydrogens (tertiary/aromatic N) is 1. The van der Waals surface area contributed by atoms with Gasteiger partial charge in [-0.2, -0.15) is 5.26 Å². The van der Waals surface area contributed by atoms with E-state index in [-0.39, 0.29) is 5.56 Å². The van der Waals surface area contributed by atoms with Gasteiger partial charge in [-0.25, -0.2) is 4.39 Å². The van der Waals surface area contributed by atoms with Crippen LogP contribution in [0, 0.1) is 17.1 Å². The van der Waals surface area contributed by atoms with Crippen molar-refractivity contribution in [3.8, 4) is 11.8 Å². The minimum atomic E-state index is -0.531. The SMILES string of the molecule is CCCOc1cccc(F)c1C#N. The predicted molar refractivity (Wildman–Crippen MR) is 46.9 cm³/mol. The van der Waals surface area contributed by atoms with Gasteiger partial charge in [-0.15, -0.1) is 0 Å². The van der Waals surface area contributed by atoms with Gasteiger partial charge >= 0.3 is 0 Å². The zero-order valence-electron chi connectivity index (χ0n) is 7.38. The highest BCUT2D eigenvalue weighted by Gasteiger charge is 2.07. The number of nitriles is 1. The van der Waals surface area contributed by atoms with E-state index in [0.29, 0.717) is 12.4 Å². The zero-order valence-corrected chi connectivity index (χ0v) is 7.38. The van der Waals surface area contributed by atoms with Crippen molar-refractivity contribution in [1.82, 2.24) is 0 Å². The molecular formula is C10H10FNO. The standard InChI is InChI=1S/C10H10FNO/c1-2-6-13-10-5-3-4-9(11)8(10)7-12/h3-5H,2,6H2,1H3. The number of benzene rings is 1. The number of rotatable bonds is 3. The third kappa shape index (κ3) is 2.19. The average Bonchev–Trinajstić information content (AvgIpc) is 2.15. The third-order valence-electron chi connectivity index (χ3n) is 1.55. The summed E-state index contributed by atoms with van der Waals surface area (Å²) in [5, 5.41) is 8.63. The molecule has 0 saturated carbocycles. The lowest BCUT2D eigenvalue weighted by molar-refractivity contribution is 0.314. The van der Waals surface area contributed by atoms with E-state index in [0.717, 1.165) is 6.42 Å². The smallest absolute Gasteiger partial charge is 0.144 e. The van der Waals surface area contributed by atoms with Crippen LogP contribution in [0.3, 0.4) is 0 Å². The highest BCUT2D eigenvalue weighted by atomic mass is 19.1. The summed E-state index contributed by atoms with van der Waals surface area (Å²) in [6.45, 7) is 2.45. The van der Waals surface area contributed by atoms with Gasteiger partial charge in [0.2, 0.25) is 0 Å². The summed E-state index contributed by atoms with van der Waals surface area (Å²) in [5.74, 6) is -0.208. The van der Waals surface area contributed by atoms with E-state index in [1.54, 1.807) is 12.1 Å². The molecule has 0 radical (unpaired) electrons. The Morgan fingerprint density at radius 3 is 2.92 bits per heavy atom. The van der Waals surface area contributed by atoms with Crippen molar-refractivity contribution < 1.29 is 9.13 Å². The van der Waals surface area contributed by atoms with Crippen molar-refractivity contribution in [2.24, 2.45) is 0 Å². The lowest BCUT2D eigenvalue weighted by atomic mass is 10.2. The van der Waals surface area contributed by atoms with Crippen molar-refractivity contribution in [2.75, 3.05) is 6.61 Å². The summed E-state index contributed by atoms with van der Waals surface area (Å²) >= 11 is 0. The van der Waals surface area contributed by atoms with E-state index in [1.807, 2.05) is 6.92 Å². The molecule has 68 valence electrons. The molecule has 1 rings (SSSR count). The van der Waals surface area contributed by atoms with Crippen molar-refractivity contribution in [3.05, 3.63) is 29.6 Å². The lowest BCUT2D eigenvalue weighted by Crippen LogP contribution is -1.98. The summed E-state index contributed by atoms with van der Waals surface area (Å²) in [4.78, 5) is 0. The summed E-state index contributed by atoms with van der Waals surface area (Å²) in [5.41, 5.74) is -0.0176. The van der Waals surface area contributed by atoms with Gasteiger partial charge in [0.1, 0.15) is 23.2 Å². The van der Waals surface area contributed by atoms with Crippen LogP contribution >= 0.6 is 0 Å². The molecule has 0 aliphatic carbocycles. The van der Waals surface area contributed by atoms with E-state index >= 15 is 0 Å². The second-order valence-corrected chi connectivity index (χ2v) is 2.57. The molecule has 2 nitrogen and oxygen atoms in total. The third-order valence-corrected chi connectivity index (χ3v) is 1.55. The Bertz CT molecular complexity index is 330. The van der Waals surface area contributed by atoms with Gasteiger partial charge in [-0.05, 0) is 18.6 Å². The van der Waals surface area contributed by atoms with Crippen LogP contribution in [0.5, 0.6) is 5.75 Å². The van der Waals surface area contributed by atoms with Gasteiger partial charge in [-0.1, -0.05) is 13.0 Å². The van der Waals surface area contributed by atoms with Gasteiger partial charge in [0, 0.05) is 0 Å². The fourth-order valence-corrected chi connectivity index (χ4v) is 0.945. The Kier molecular flexibility index (Phi) is 3.27. The van der Waals surface area contributed by atoms with E-state index in [9.17, 15) is 4.39 Å². The minimum absolute atomic E-state index is 0.0176. The van der Waals surface area contributed by atoms with E-state index in [1.165, 1.54) is 12.1 Å². The molecule has 0 amide bonds. The van der Waals surface area contributed by atoms with Gasteiger partial charge in [-0.3, -0.25) is 0 Å². The molecule has 0 saturated heterocycles. The largest absolute Gasteiger partial charge is 0.492 e. The molecule has 1 aromatic rings. The van der Waals surface area contributed by atoms with Crippen molar-refractivity contribution in [3.63, 3.8) is 0 Å². The molecule has 0 aliphatic rings. The summed E-state index contributed by atoms with van der Waals surface area (Å²) in [6, 6.07) is 6.14. The van der Waals surface area contributed by atoms with Crippen LogP contribution in [0.1, 0.15) is 18.9 Å². The monoisotopic (exact) mass is 179 g/mol. The molecule has 0 bridgehead atoms. The fourth-order valence-electron chi connectivity index (χ4n) is 0.945. The molecule has 1 aromatic carbocycles. The lowest BCUT2D eigenvalue weighted by Gasteiger charge is -2.05. The van der Waals surface area contributed by atoms with Gasteiger partial charge in [0.25, 0.3) is 0 Å². The highest BCUT2D eigenvalue weighted by molar-refractivity contribution is 5.43. The van der Waals surface area contributed by atoms with Crippen LogP contribution < -0.4 is 4.74 Å². The second kappa shape index (κ2) is 4.46. The van der Waals surface area contributed by atoms with Crippen LogP contribution in [0.2, 0.25) is 0 Å². The number of halogens is 1. The summed E-state index contributed by atoms with van der Waals surface area (Å²) in [6.07, 6.45) is 0.835. The van der Waals surface area contributed by atoms with E-state index in [2.05, 4.69) is 0 Å². The first-order chi connectivity index (χ1) is 6.29. The Labute approximate surface area is 76.6 Å². The maximum atomic E-state index is 13.0. The Hall–Kier alpha value is -1.56. The Morgan fingerprint density at radius 2 is 2.31 bits per heavy atom. The first kappa shape index (κ1) is 9.53. The highest BCUT2D eigenvalue weighted by Crippen LogP contribution is 2.20. The maximum absolute atomic E-state index is 13.0. The van der Waals surface area contributed by atoms with Gasteiger partial charge < -0.3 is 4.74 Å². The van der Waals surface area contributed by atoms with Crippen LogP contribution in [0.25, 0.3) is 0 Å². The second-order valence-electron chi connectivity index (χ2n) is 2.57. The quantitative estimate of drug-likeness (QED) is 0.714. The predicted octanol–water partition coefficient (Wildman–Crippen LogP) is 2.49. The fraction of sp³-hybridized carbons (Fsp3) is 0.300. The van der Waals surface area contributed by atoms with Crippen molar-refractivity contribution >= 4 is 0 Å². The summed E-state index contributed by atoms with van der Waals surface area (Å²) < 4.78 is 18.2. The molecule has 0 atom stereocenters. The molecule has 0 unspecified atom stereocenters. The molecule has 0 aromatic heterocycles. The number of ether oxygens (including phenoxy) is 1. The zero-order chi connectivity index (χ0) is 9.68. The van der Waals surface area contributed by atoms with Crippen LogP contribution in [-0.4, -0.2) is 6.61 Å². The molecule has 0 N–H and O–H groups in total. The van der Waals surface area contributed by atoms with Crippen LogP contribution in [-0.2, 0) is 0 Å². The van der Waals surface area contributed by atoms with Gasteiger partial charge in [0.15, 0.2) is 0 Å². The Balaban J connectivity index is 2.93. The van der Waals surface area contributed by atoms with Gasteiger partial charge in [0.05, 0.1) is 6.61 Å². The molecule has 13 heavy (non-hydrogen) atoms. The van der Waals surface area contributed by atoms with Crippen LogP contribution in [0.4, 0.5) is 4.39 Å². The maximum Gasteiger partial charge on any atom is 0.144 e. The Morgan fingerprint density at radius 1 is 1.54 bits per heavy atom. The number of hydrogen-bond acceptors (Lipinski definition) is 2. The molecular weight excluding hydrogens is 169 g/mol. The average molecular weight is 179 g/mol. The van der Waals surface area contributed by atoms with Crippen molar-refractivity contribution in [1.29, 1.82) is 5.26 Å². The van der Waals surface area contributed by atoms with Crippen LogP contribution in [0.15, 0.2) is 18.2 Å². The summed E-state index contributed by atoms with van der Waals surface area (Å²) in [7, 11) is 0. The molecule has 0 heterocycles. The molecule has 3 heteroatoms. The number of hydrogen-bond donors (Lipinski definition) is 0. The normalized spacial score (nSPS) is 9.31. The first-order valence-corrected chi connectivity index (χ1v) is 4.11. The molecule has 0 fully saturated rings. The molecule has 0 aliphatic heterocycles. The minimum Gasteiger partial charge on any atom is -0.492 e.